The van der Waals surface area contributed by atoms with Crippen LogP contribution in [0.5, 0.6) is 0 Å². The number of carbonyl (C=O) groups excluding carboxylic acids is 2. The number of hydrogen-bond acceptors (Lipinski definition) is 6. The normalized spacial score (nSPS) is 10.9. The van der Waals surface area contributed by atoms with E-state index in [0.717, 1.165) is 15.3 Å². The van der Waals surface area contributed by atoms with Gasteiger partial charge in [-0.2, -0.15) is 0 Å². The van der Waals surface area contributed by atoms with Crippen LogP contribution in [-0.4, -0.2) is 32.0 Å². The largest absolute Gasteiger partial charge is 0.269 e. The average molecular weight is 434 g/mol. The standard InChI is InChI=1S/C21H15FN6O2S/c22-16-5-1-14(2-6-16)19-11-9-18(31-19)10-12-20(29)24-25-21(30)15-3-7-17(8-4-15)28-13-23-26-27-28/h1-13H,(H,24,29)(H,25,30)/b12-10+. The van der Waals surface area contributed by atoms with Crippen LogP contribution in [0.4, 0.5) is 4.39 Å². The Morgan fingerprint density at radius 2 is 1.74 bits per heavy atom. The third-order valence-electron chi connectivity index (χ3n) is 4.20. The molecule has 0 radical (unpaired) electrons. The fourth-order valence-corrected chi connectivity index (χ4v) is 3.56. The maximum Gasteiger partial charge on any atom is 0.269 e. The van der Waals surface area contributed by atoms with E-state index >= 15 is 0 Å². The van der Waals surface area contributed by atoms with Crippen LogP contribution < -0.4 is 10.9 Å². The highest BCUT2D eigenvalue weighted by atomic mass is 32.1. The van der Waals surface area contributed by atoms with Crippen LogP contribution in [0.3, 0.4) is 0 Å². The summed E-state index contributed by atoms with van der Waals surface area (Å²) in [7, 11) is 0. The van der Waals surface area contributed by atoms with Gasteiger partial charge < -0.3 is 0 Å². The molecule has 0 aliphatic rings. The van der Waals surface area contributed by atoms with Crippen LogP contribution in [0.2, 0.25) is 0 Å². The van der Waals surface area contributed by atoms with Gasteiger partial charge in [-0.25, -0.2) is 9.07 Å². The molecule has 2 aromatic carbocycles. The molecule has 0 atom stereocenters. The highest BCUT2D eigenvalue weighted by Gasteiger charge is 2.07. The molecule has 0 saturated carbocycles. The van der Waals surface area contributed by atoms with Crippen LogP contribution in [0.15, 0.2) is 73.1 Å². The molecule has 4 rings (SSSR count). The first-order valence-electron chi connectivity index (χ1n) is 9.06. The van der Waals surface area contributed by atoms with E-state index in [0.29, 0.717) is 11.3 Å². The van der Waals surface area contributed by atoms with Gasteiger partial charge in [-0.05, 0) is 70.6 Å². The summed E-state index contributed by atoms with van der Waals surface area (Å²) in [6.07, 6.45) is 4.40. The Hall–Kier alpha value is -4.18. The molecule has 4 aromatic rings. The molecule has 10 heteroatoms. The number of amides is 2. The van der Waals surface area contributed by atoms with E-state index in [1.807, 2.05) is 12.1 Å². The summed E-state index contributed by atoms with van der Waals surface area (Å²) in [4.78, 5) is 26.0. The average Bonchev–Trinajstić information content (AvgIpc) is 3.49. The van der Waals surface area contributed by atoms with Gasteiger partial charge in [0.05, 0.1) is 5.69 Å². The van der Waals surface area contributed by atoms with Crippen molar-refractivity contribution in [3.05, 3.63) is 89.3 Å². The number of halogens is 1. The predicted molar refractivity (Wildman–Crippen MR) is 114 cm³/mol. The summed E-state index contributed by atoms with van der Waals surface area (Å²) >= 11 is 1.46. The Bertz CT molecular complexity index is 1220. The third kappa shape index (κ3) is 5.06. The van der Waals surface area contributed by atoms with Crippen LogP contribution in [-0.2, 0) is 4.79 Å². The van der Waals surface area contributed by atoms with Gasteiger partial charge in [0.15, 0.2) is 0 Å². The summed E-state index contributed by atoms with van der Waals surface area (Å²) in [5.74, 6) is -1.22. The zero-order valence-electron chi connectivity index (χ0n) is 15.9. The molecule has 0 saturated heterocycles. The Morgan fingerprint density at radius 3 is 2.45 bits per heavy atom. The second-order valence-corrected chi connectivity index (χ2v) is 7.40. The molecule has 2 amide bonds. The van der Waals surface area contributed by atoms with Crippen molar-refractivity contribution in [2.24, 2.45) is 0 Å². The number of benzene rings is 2. The molecule has 2 aromatic heterocycles. The maximum absolute atomic E-state index is 13.0. The summed E-state index contributed by atoms with van der Waals surface area (Å²) in [5.41, 5.74) is 6.65. The minimum Gasteiger partial charge on any atom is -0.268 e. The first kappa shape index (κ1) is 20.1. The smallest absolute Gasteiger partial charge is 0.268 e. The molecule has 2 heterocycles. The lowest BCUT2D eigenvalue weighted by Crippen LogP contribution is -2.40. The van der Waals surface area contributed by atoms with E-state index < -0.39 is 11.8 Å². The number of hydrazine groups is 1. The molecule has 0 bridgehead atoms. The zero-order valence-corrected chi connectivity index (χ0v) is 16.7. The Morgan fingerprint density at radius 1 is 0.968 bits per heavy atom. The van der Waals surface area contributed by atoms with Gasteiger partial charge >= 0.3 is 0 Å². The van der Waals surface area contributed by atoms with Crippen molar-refractivity contribution in [2.75, 3.05) is 0 Å². The van der Waals surface area contributed by atoms with E-state index in [-0.39, 0.29) is 5.82 Å². The van der Waals surface area contributed by atoms with Gasteiger partial charge in [0.2, 0.25) is 0 Å². The lowest BCUT2D eigenvalue weighted by molar-refractivity contribution is -0.117. The van der Waals surface area contributed by atoms with Crippen molar-refractivity contribution in [1.29, 1.82) is 0 Å². The predicted octanol–water partition coefficient (Wildman–Crippen LogP) is 3.00. The molecule has 0 fully saturated rings. The minimum absolute atomic E-state index is 0.289. The number of nitrogens with one attached hydrogen (secondary N) is 2. The van der Waals surface area contributed by atoms with Crippen LogP contribution in [0.25, 0.3) is 22.2 Å². The summed E-state index contributed by atoms with van der Waals surface area (Å²) in [5, 5.41) is 10.9. The number of hydrogen-bond donors (Lipinski definition) is 2. The Labute approximate surface area is 180 Å². The van der Waals surface area contributed by atoms with E-state index in [4.69, 9.17) is 0 Å². The molecule has 154 valence electrons. The highest BCUT2D eigenvalue weighted by Crippen LogP contribution is 2.28. The first-order chi connectivity index (χ1) is 15.1. The van der Waals surface area contributed by atoms with Crippen molar-refractivity contribution in [1.82, 2.24) is 31.1 Å². The first-order valence-corrected chi connectivity index (χ1v) is 9.88. The van der Waals surface area contributed by atoms with Gasteiger partial charge in [-0.15, -0.1) is 16.4 Å². The van der Waals surface area contributed by atoms with Gasteiger partial charge in [-0.3, -0.25) is 20.4 Å². The van der Waals surface area contributed by atoms with Crippen molar-refractivity contribution in [2.45, 2.75) is 0 Å². The molecular weight excluding hydrogens is 419 g/mol. The molecule has 2 N–H and O–H groups in total. The maximum atomic E-state index is 13.0. The molecule has 8 nitrogen and oxygen atoms in total. The van der Waals surface area contributed by atoms with Crippen molar-refractivity contribution >= 4 is 29.2 Å². The van der Waals surface area contributed by atoms with Crippen LogP contribution in [0.1, 0.15) is 15.2 Å². The Kier molecular flexibility index (Phi) is 5.90. The zero-order chi connectivity index (χ0) is 21.6. The summed E-state index contributed by atoms with van der Waals surface area (Å²) < 4.78 is 14.5. The molecule has 0 aliphatic heterocycles. The number of aromatic nitrogens is 4. The number of carbonyl (C=O) groups is 2. The monoisotopic (exact) mass is 434 g/mol. The number of tetrazole rings is 1. The fourth-order valence-electron chi connectivity index (χ4n) is 2.65. The van der Waals surface area contributed by atoms with Crippen LogP contribution >= 0.6 is 11.3 Å². The number of rotatable bonds is 5. The minimum atomic E-state index is -0.476. The van der Waals surface area contributed by atoms with E-state index in [1.54, 1.807) is 42.5 Å². The Balaban J connectivity index is 1.30. The molecule has 0 aliphatic carbocycles. The lowest BCUT2D eigenvalue weighted by atomic mass is 10.2. The summed E-state index contributed by atoms with van der Waals surface area (Å²) in [6.45, 7) is 0. The molecule has 31 heavy (non-hydrogen) atoms. The van der Waals surface area contributed by atoms with Gasteiger partial charge in [0, 0.05) is 21.4 Å². The van der Waals surface area contributed by atoms with E-state index in [2.05, 4.69) is 26.4 Å². The molecular formula is C21H15FN6O2S. The molecule has 0 spiro atoms. The van der Waals surface area contributed by atoms with Crippen molar-refractivity contribution < 1.29 is 14.0 Å². The second kappa shape index (κ2) is 9.09. The van der Waals surface area contributed by atoms with Crippen LogP contribution in [0, 0.1) is 5.82 Å². The van der Waals surface area contributed by atoms with E-state index in [9.17, 15) is 14.0 Å². The van der Waals surface area contributed by atoms with Crippen molar-refractivity contribution in [3.8, 4) is 16.1 Å². The van der Waals surface area contributed by atoms with Gasteiger partial charge in [0.25, 0.3) is 11.8 Å². The number of nitrogens with zero attached hydrogens (tertiary/aromatic N) is 4. The van der Waals surface area contributed by atoms with Gasteiger partial charge in [-0.1, -0.05) is 12.1 Å². The van der Waals surface area contributed by atoms with E-state index in [1.165, 1.54) is 40.6 Å². The third-order valence-corrected chi connectivity index (χ3v) is 5.30. The second-order valence-electron chi connectivity index (χ2n) is 6.29. The fraction of sp³-hybridized carbons (Fsp3) is 0. The SMILES string of the molecule is O=C(/C=C/c1ccc(-c2ccc(F)cc2)s1)NNC(=O)c1ccc(-n2cnnn2)cc1. The lowest BCUT2D eigenvalue weighted by Gasteiger charge is -2.06. The van der Waals surface area contributed by atoms with Crippen molar-refractivity contribution in [3.63, 3.8) is 0 Å². The quantitative estimate of drug-likeness (QED) is 0.371. The number of thiophene rings is 1. The topological polar surface area (TPSA) is 102 Å². The summed E-state index contributed by atoms with van der Waals surface area (Å²) in [6, 6.07) is 16.5. The van der Waals surface area contributed by atoms with Gasteiger partial charge in [0.1, 0.15) is 12.1 Å². The highest BCUT2D eigenvalue weighted by molar-refractivity contribution is 7.16. The molecule has 0 unspecified atom stereocenters.